The maximum atomic E-state index is 5.96. The van der Waals surface area contributed by atoms with Gasteiger partial charge in [0.1, 0.15) is 0 Å². The number of anilines is 1. The van der Waals surface area contributed by atoms with Crippen molar-refractivity contribution in [3.8, 4) is 0 Å². The largest absolute Gasteiger partial charge is 0.370 e. The molecule has 3 rings (SSSR count). The van der Waals surface area contributed by atoms with Crippen LogP contribution in [-0.4, -0.2) is 13.1 Å². The average molecular weight is 323 g/mol. The van der Waals surface area contributed by atoms with E-state index in [2.05, 4.69) is 39.0 Å². The molecule has 2 fully saturated rings. The molecule has 2 N–H and O–H groups in total. The van der Waals surface area contributed by atoms with Crippen molar-refractivity contribution in [1.82, 2.24) is 0 Å². The van der Waals surface area contributed by atoms with Crippen molar-refractivity contribution in [3.05, 3.63) is 28.2 Å². The molecule has 2 aliphatic carbocycles. The van der Waals surface area contributed by atoms with E-state index in [9.17, 15) is 0 Å². The maximum Gasteiger partial charge on any atom is 0.0511 e. The Morgan fingerprint density at radius 3 is 2.21 bits per heavy atom. The second-order valence-electron chi connectivity index (χ2n) is 6.29. The van der Waals surface area contributed by atoms with Crippen molar-refractivity contribution in [1.29, 1.82) is 0 Å². The molecule has 1 atom stereocenters. The number of hydrogen-bond donors (Lipinski definition) is 1. The third-order valence-corrected chi connectivity index (χ3v) is 4.82. The molecule has 2 aliphatic rings. The molecule has 3 heteroatoms. The van der Waals surface area contributed by atoms with Gasteiger partial charge in [0.15, 0.2) is 0 Å². The van der Waals surface area contributed by atoms with Crippen LogP contribution in [0.25, 0.3) is 0 Å². The molecular formula is C16H23BrN2. The van der Waals surface area contributed by atoms with E-state index >= 15 is 0 Å². The molecule has 0 spiro atoms. The third-order valence-electron chi connectivity index (χ3n) is 4.19. The number of nitrogens with zero attached hydrogens (tertiary/aromatic N) is 1. The second-order valence-corrected chi connectivity index (χ2v) is 7.15. The lowest BCUT2D eigenvalue weighted by atomic mass is 10.1. The molecule has 0 aromatic heterocycles. The Hall–Kier alpha value is -0.540. The molecule has 1 unspecified atom stereocenters. The Labute approximate surface area is 124 Å². The summed E-state index contributed by atoms with van der Waals surface area (Å²) in [6.45, 7) is 4.49. The van der Waals surface area contributed by atoms with Gasteiger partial charge in [-0.1, -0.05) is 6.07 Å². The average Bonchev–Trinajstić information content (AvgIpc) is 3.23. The summed E-state index contributed by atoms with van der Waals surface area (Å²) < 4.78 is 1.20. The molecule has 0 bridgehead atoms. The first kappa shape index (κ1) is 13.4. The SMILES string of the molecule is CC(N)c1ccc(N(CC2CC2)CC2CC2)c(Br)c1. The first-order chi connectivity index (χ1) is 9.13. The summed E-state index contributed by atoms with van der Waals surface area (Å²) in [5, 5.41) is 0. The molecule has 19 heavy (non-hydrogen) atoms. The molecule has 0 heterocycles. The van der Waals surface area contributed by atoms with Crippen molar-refractivity contribution < 1.29 is 0 Å². The Bertz CT molecular complexity index is 436. The number of rotatable bonds is 6. The number of hydrogen-bond acceptors (Lipinski definition) is 2. The van der Waals surface area contributed by atoms with Crippen LogP contribution in [0.3, 0.4) is 0 Å². The van der Waals surface area contributed by atoms with Gasteiger partial charge in [-0.25, -0.2) is 0 Å². The zero-order chi connectivity index (χ0) is 13.4. The van der Waals surface area contributed by atoms with Crippen molar-refractivity contribution in [2.24, 2.45) is 17.6 Å². The molecule has 0 radical (unpaired) electrons. The summed E-state index contributed by atoms with van der Waals surface area (Å²) in [5.41, 5.74) is 8.51. The van der Waals surface area contributed by atoms with Crippen LogP contribution in [0.5, 0.6) is 0 Å². The predicted molar refractivity (Wildman–Crippen MR) is 84.4 cm³/mol. The minimum atomic E-state index is 0.102. The first-order valence-electron chi connectivity index (χ1n) is 7.43. The van der Waals surface area contributed by atoms with E-state index in [-0.39, 0.29) is 6.04 Å². The standard InChI is InChI=1S/C16H23BrN2/c1-11(18)14-6-7-16(15(17)8-14)19(9-12-2-3-12)10-13-4-5-13/h6-8,11-13H,2-5,9-10,18H2,1H3. The molecule has 0 amide bonds. The van der Waals surface area contributed by atoms with E-state index in [1.54, 1.807) is 0 Å². The van der Waals surface area contributed by atoms with Gasteiger partial charge in [0.2, 0.25) is 0 Å². The predicted octanol–water partition coefficient (Wildman–Crippen LogP) is 4.10. The summed E-state index contributed by atoms with van der Waals surface area (Å²) in [7, 11) is 0. The Morgan fingerprint density at radius 2 is 1.79 bits per heavy atom. The number of halogens is 1. The zero-order valence-corrected chi connectivity index (χ0v) is 13.2. The lowest BCUT2D eigenvalue weighted by Gasteiger charge is -2.26. The molecule has 0 saturated heterocycles. The minimum Gasteiger partial charge on any atom is -0.370 e. The van der Waals surface area contributed by atoms with Gasteiger partial charge < -0.3 is 10.6 Å². The fourth-order valence-corrected chi connectivity index (χ4v) is 3.21. The zero-order valence-electron chi connectivity index (χ0n) is 11.6. The molecule has 0 aliphatic heterocycles. The van der Waals surface area contributed by atoms with Gasteiger partial charge in [0.25, 0.3) is 0 Å². The molecule has 104 valence electrons. The fourth-order valence-electron chi connectivity index (χ4n) is 2.56. The van der Waals surface area contributed by atoms with Crippen molar-refractivity contribution in [2.45, 2.75) is 38.6 Å². The lowest BCUT2D eigenvalue weighted by Crippen LogP contribution is -2.28. The van der Waals surface area contributed by atoms with E-state index in [0.717, 1.165) is 11.8 Å². The second kappa shape index (κ2) is 5.45. The summed E-state index contributed by atoms with van der Waals surface area (Å²) in [6.07, 6.45) is 5.65. The monoisotopic (exact) mass is 322 g/mol. The Morgan fingerprint density at radius 1 is 1.21 bits per heavy atom. The molecule has 1 aromatic rings. The van der Waals surface area contributed by atoms with Gasteiger partial charge in [-0.2, -0.15) is 0 Å². The van der Waals surface area contributed by atoms with E-state index < -0.39 is 0 Å². The quantitative estimate of drug-likeness (QED) is 0.854. The van der Waals surface area contributed by atoms with Crippen LogP contribution in [0, 0.1) is 11.8 Å². The van der Waals surface area contributed by atoms with E-state index in [0.29, 0.717) is 0 Å². The summed E-state index contributed by atoms with van der Waals surface area (Å²) in [6, 6.07) is 6.71. The Kier molecular flexibility index (Phi) is 3.86. The normalized spacial score (nSPS) is 20.4. The van der Waals surface area contributed by atoms with Crippen molar-refractivity contribution in [2.75, 3.05) is 18.0 Å². The maximum absolute atomic E-state index is 5.96. The molecule has 2 saturated carbocycles. The lowest BCUT2D eigenvalue weighted by molar-refractivity contribution is 0.678. The van der Waals surface area contributed by atoms with Gasteiger partial charge in [-0.15, -0.1) is 0 Å². The van der Waals surface area contributed by atoms with E-state index in [1.807, 2.05) is 6.92 Å². The van der Waals surface area contributed by atoms with Crippen molar-refractivity contribution in [3.63, 3.8) is 0 Å². The molecular weight excluding hydrogens is 300 g/mol. The van der Waals surface area contributed by atoms with Crippen LogP contribution >= 0.6 is 15.9 Å². The van der Waals surface area contributed by atoms with Crippen molar-refractivity contribution >= 4 is 21.6 Å². The Balaban J connectivity index is 1.79. The van der Waals surface area contributed by atoms with Crippen LogP contribution in [0.15, 0.2) is 22.7 Å². The van der Waals surface area contributed by atoms with Crippen LogP contribution < -0.4 is 10.6 Å². The van der Waals surface area contributed by atoms with Crippen LogP contribution in [0.4, 0.5) is 5.69 Å². The topological polar surface area (TPSA) is 29.3 Å². The smallest absolute Gasteiger partial charge is 0.0511 e. The van der Waals surface area contributed by atoms with Gasteiger partial charge in [0.05, 0.1) is 5.69 Å². The highest BCUT2D eigenvalue weighted by Crippen LogP contribution is 2.38. The third kappa shape index (κ3) is 3.51. The number of nitrogens with two attached hydrogens (primary N) is 1. The van der Waals surface area contributed by atoms with E-state index in [4.69, 9.17) is 5.73 Å². The summed E-state index contributed by atoms with van der Waals surface area (Å²) >= 11 is 3.74. The fraction of sp³-hybridized carbons (Fsp3) is 0.625. The summed E-state index contributed by atoms with van der Waals surface area (Å²) in [4.78, 5) is 2.59. The van der Waals surface area contributed by atoms with Crippen LogP contribution in [-0.2, 0) is 0 Å². The van der Waals surface area contributed by atoms with E-state index in [1.165, 1.54) is 54.5 Å². The van der Waals surface area contributed by atoms with Gasteiger partial charge in [0, 0.05) is 23.6 Å². The van der Waals surface area contributed by atoms with Crippen LogP contribution in [0.1, 0.15) is 44.2 Å². The minimum absolute atomic E-state index is 0.102. The molecule has 2 nitrogen and oxygen atoms in total. The highest BCUT2D eigenvalue weighted by molar-refractivity contribution is 9.10. The highest BCUT2D eigenvalue weighted by Gasteiger charge is 2.30. The van der Waals surface area contributed by atoms with Gasteiger partial charge in [-0.3, -0.25) is 0 Å². The first-order valence-corrected chi connectivity index (χ1v) is 8.22. The van der Waals surface area contributed by atoms with Gasteiger partial charge >= 0.3 is 0 Å². The molecule has 1 aromatic carbocycles. The van der Waals surface area contributed by atoms with Crippen LogP contribution in [0.2, 0.25) is 0 Å². The van der Waals surface area contributed by atoms with Gasteiger partial charge in [-0.05, 0) is 78.1 Å². The highest BCUT2D eigenvalue weighted by atomic mass is 79.9. The summed E-state index contributed by atoms with van der Waals surface area (Å²) in [5.74, 6) is 1.86. The number of benzene rings is 1.